The van der Waals surface area contributed by atoms with Crippen LogP contribution in [-0.4, -0.2) is 69.5 Å². The van der Waals surface area contributed by atoms with Crippen LogP contribution in [0, 0.1) is 5.82 Å². The van der Waals surface area contributed by atoms with Crippen molar-refractivity contribution in [1.82, 2.24) is 4.90 Å². The summed E-state index contributed by atoms with van der Waals surface area (Å²) in [6, 6.07) is 6.63. The first-order valence-electron chi connectivity index (χ1n) is 9.47. The molecule has 0 bridgehead atoms. The molecule has 0 radical (unpaired) electrons. The van der Waals surface area contributed by atoms with Crippen LogP contribution in [0.2, 0.25) is 0 Å². The van der Waals surface area contributed by atoms with E-state index in [4.69, 9.17) is 15.2 Å². The molecule has 1 aromatic carbocycles. The number of benzene rings is 1. The molecule has 3 rings (SSSR count). The Morgan fingerprint density at radius 3 is 2.63 bits per heavy atom. The Morgan fingerprint density at radius 2 is 1.96 bits per heavy atom. The van der Waals surface area contributed by atoms with E-state index >= 15 is 0 Å². The SMILES string of the molecule is I.NC(=NCCCOCC1CCCO1)N1CCN(c2ccc(F)cc2)CC1. The van der Waals surface area contributed by atoms with Gasteiger partial charge in [-0.2, -0.15) is 0 Å². The van der Waals surface area contributed by atoms with Gasteiger partial charge in [-0.3, -0.25) is 4.99 Å². The molecule has 1 atom stereocenters. The van der Waals surface area contributed by atoms with Gasteiger partial charge in [0.1, 0.15) is 5.82 Å². The van der Waals surface area contributed by atoms with E-state index < -0.39 is 0 Å². The largest absolute Gasteiger partial charge is 0.379 e. The maximum atomic E-state index is 13.0. The molecule has 0 saturated carbocycles. The molecule has 2 fully saturated rings. The fourth-order valence-electron chi connectivity index (χ4n) is 3.30. The zero-order chi connectivity index (χ0) is 18.2. The quantitative estimate of drug-likeness (QED) is 0.274. The van der Waals surface area contributed by atoms with Crippen LogP contribution in [0.25, 0.3) is 0 Å². The topological polar surface area (TPSA) is 63.3 Å². The summed E-state index contributed by atoms with van der Waals surface area (Å²) in [7, 11) is 0. The number of rotatable bonds is 7. The predicted octanol–water partition coefficient (Wildman–Crippen LogP) is 2.47. The Balaban J connectivity index is 0.00000261. The summed E-state index contributed by atoms with van der Waals surface area (Å²) in [5, 5.41) is 0. The standard InChI is InChI=1S/C19H29FN4O2.HI/c20-16-4-6-17(7-5-16)23-9-11-24(12-10-23)19(21)22-8-2-13-25-15-18-3-1-14-26-18;/h4-7,18H,1-3,8-15H2,(H2,21,22);1H. The van der Waals surface area contributed by atoms with Gasteiger partial charge in [-0.15, -0.1) is 24.0 Å². The molecule has 2 saturated heterocycles. The average molecular weight is 492 g/mol. The molecule has 2 N–H and O–H groups in total. The number of nitrogens with two attached hydrogens (primary N) is 1. The van der Waals surface area contributed by atoms with Crippen LogP contribution in [0.15, 0.2) is 29.3 Å². The fourth-order valence-corrected chi connectivity index (χ4v) is 3.30. The predicted molar refractivity (Wildman–Crippen MR) is 117 cm³/mol. The molecular weight excluding hydrogens is 462 g/mol. The van der Waals surface area contributed by atoms with Gasteiger partial charge in [-0.25, -0.2) is 4.39 Å². The van der Waals surface area contributed by atoms with E-state index in [2.05, 4.69) is 14.8 Å². The highest BCUT2D eigenvalue weighted by atomic mass is 127. The number of guanidine groups is 1. The van der Waals surface area contributed by atoms with Crippen molar-refractivity contribution in [3.8, 4) is 0 Å². The normalized spacial score (nSPS) is 20.6. The van der Waals surface area contributed by atoms with Gasteiger partial charge in [-0.05, 0) is 43.5 Å². The number of hydrogen-bond acceptors (Lipinski definition) is 4. The second kappa shape index (κ2) is 11.7. The molecule has 0 aromatic heterocycles. The molecule has 2 aliphatic rings. The van der Waals surface area contributed by atoms with Crippen molar-refractivity contribution >= 4 is 35.6 Å². The van der Waals surface area contributed by atoms with E-state index in [0.717, 1.165) is 57.7 Å². The van der Waals surface area contributed by atoms with Gasteiger partial charge in [0.25, 0.3) is 0 Å². The molecule has 6 nitrogen and oxygen atoms in total. The average Bonchev–Trinajstić information content (AvgIpc) is 3.19. The summed E-state index contributed by atoms with van der Waals surface area (Å²) in [5.74, 6) is 0.395. The number of aliphatic imine (C=N–C) groups is 1. The highest BCUT2D eigenvalue weighted by Gasteiger charge is 2.18. The number of piperazine rings is 1. The minimum absolute atomic E-state index is 0. The monoisotopic (exact) mass is 492 g/mol. The molecule has 1 aromatic rings. The number of hydrogen-bond donors (Lipinski definition) is 1. The Labute approximate surface area is 177 Å². The van der Waals surface area contributed by atoms with E-state index in [0.29, 0.717) is 25.7 Å². The van der Waals surface area contributed by atoms with E-state index in [-0.39, 0.29) is 35.9 Å². The lowest BCUT2D eigenvalue weighted by molar-refractivity contribution is 0.0170. The van der Waals surface area contributed by atoms with E-state index in [1.54, 1.807) is 0 Å². The van der Waals surface area contributed by atoms with Crippen molar-refractivity contribution in [2.75, 3.05) is 57.4 Å². The van der Waals surface area contributed by atoms with Crippen LogP contribution in [0.3, 0.4) is 0 Å². The third kappa shape index (κ3) is 7.08. The molecule has 0 aliphatic carbocycles. The molecule has 1 unspecified atom stereocenters. The molecule has 152 valence electrons. The van der Waals surface area contributed by atoms with Crippen LogP contribution < -0.4 is 10.6 Å². The van der Waals surface area contributed by atoms with Crippen molar-refractivity contribution < 1.29 is 13.9 Å². The Morgan fingerprint density at radius 1 is 1.22 bits per heavy atom. The second-order valence-electron chi connectivity index (χ2n) is 6.75. The van der Waals surface area contributed by atoms with Crippen molar-refractivity contribution in [3.63, 3.8) is 0 Å². The van der Waals surface area contributed by atoms with Crippen LogP contribution in [0.5, 0.6) is 0 Å². The van der Waals surface area contributed by atoms with Gasteiger partial charge < -0.3 is 25.0 Å². The minimum Gasteiger partial charge on any atom is -0.379 e. The summed E-state index contributed by atoms with van der Waals surface area (Å²) >= 11 is 0. The van der Waals surface area contributed by atoms with Crippen LogP contribution in [-0.2, 0) is 9.47 Å². The van der Waals surface area contributed by atoms with Crippen molar-refractivity contribution in [2.45, 2.75) is 25.4 Å². The van der Waals surface area contributed by atoms with Crippen LogP contribution >= 0.6 is 24.0 Å². The number of anilines is 1. The molecule has 2 heterocycles. The van der Waals surface area contributed by atoms with Crippen LogP contribution in [0.4, 0.5) is 10.1 Å². The maximum absolute atomic E-state index is 13.0. The van der Waals surface area contributed by atoms with Gasteiger partial charge >= 0.3 is 0 Å². The molecule has 27 heavy (non-hydrogen) atoms. The first-order valence-corrected chi connectivity index (χ1v) is 9.47. The van der Waals surface area contributed by atoms with Crippen LogP contribution in [0.1, 0.15) is 19.3 Å². The zero-order valence-corrected chi connectivity index (χ0v) is 18.0. The zero-order valence-electron chi connectivity index (χ0n) is 15.7. The van der Waals surface area contributed by atoms with Gasteiger partial charge in [0, 0.05) is 51.6 Å². The summed E-state index contributed by atoms with van der Waals surface area (Å²) < 4.78 is 24.2. The minimum atomic E-state index is -0.205. The third-order valence-electron chi connectivity index (χ3n) is 4.84. The number of halogens is 2. The second-order valence-corrected chi connectivity index (χ2v) is 6.75. The van der Waals surface area contributed by atoms with Gasteiger partial charge in [0.05, 0.1) is 12.7 Å². The number of nitrogens with zero attached hydrogens (tertiary/aromatic N) is 3. The molecule has 8 heteroatoms. The molecule has 0 amide bonds. The fraction of sp³-hybridized carbons (Fsp3) is 0.632. The van der Waals surface area contributed by atoms with E-state index in [1.807, 2.05) is 12.1 Å². The van der Waals surface area contributed by atoms with Gasteiger partial charge in [-0.1, -0.05) is 0 Å². The van der Waals surface area contributed by atoms with Gasteiger partial charge in [0.15, 0.2) is 5.96 Å². The van der Waals surface area contributed by atoms with Crippen molar-refractivity contribution in [2.24, 2.45) is 10.7 Å². The Hall–Kier alpha value is -1.13. The Bertz CT molecular complexity index is 574. The van der Waals surface area contributed by atoms with Crippen molar-refractivity contribution in [1.29, 1.82) is 0 Å². The lowest BCUT2D eigenvalue weighted by Gasteiger charge is -2.36. The number of ether oxygens (including phenoxy) is 2. The van der Waals surface area contributed by atoms with E-state index in [1.165, 1.54) is 12.1 Å². The summed E-state index contributed by atoms with van der Waals surface area (Å²) in [6.45, 7) is 6.27. The third-order valence-corrected chi connectivity index (χ3v) is 4.84. The first-order chi connectivity index (χ1) is 12.7. The Kier molecular flexibility index (Phi) is 9.57. The maximum Gasteiger partial charge on any atom is 0.191 e. The molecular formula is C19H30FIN4O2. The van der Waals surface area contributed by atoms with Crippen molar-refractivity contribution in [3.05, 3.63) is 30.1 Å². The first kappa shape index (κ1) is 22.2. The lowest BCUT2D eigenvalue weighted by atomic mass is 10.2. The summed E-state index contributed by atoms with van der Waals surface area (Å²) in [4.78, 5) is 8.81. The summed E-state index contributed by atoms with van der Waals surface area (Å²) in [6.07, 6.45) is 3.39. The highest BCUT2D eigenvalue weighted by Crippen LogP contribution is 2.16. The lowest BCUT2D eigenvalue weighted by Crippen LogP contribution is -2.51. The molecule has 0 spiro atoms. The summed E-state index contributed by atoms with van der Waals surface area (Å²) in [5.41, 5.74) is 7.16. The molecule has 2 aliphatic heterocycles. The van der Waals surface area contributed by atoms with E-state index in [9.17, 15) is 4.39 Å². The smallest absolute Gasteiger partial charge is 0.191 e. The highest BCUT2D eigenvalue weighted by molar-refractivity contribution is 14.0. The van der Waals surface area contributed by atoms with Gasteiger partial charge in [0.2, 0.25) is 0 Å².